The zero-order chi connectivity index (χ0) is 24.0. The smallest absolute Gasteiger partial charge is 0.349 e. The molecule has 2 aromatic carbocycles. The third kappa shape index (κ3) is 4.07. The minimum Gasteiger partial charge on any atom is -0.349 e. The molecule has 0 unspecified atom stereocenters. The lowest BCUT2D eigenvalue weighted by Crippen LogP contribution is -2.57. The second kappa shape index (κ2) is 7.90. The molecule has 174 valence electrons. The fourth-order valence-electron chi connectivity index (χ4n) is 4.12. The molecule has 0 radical (unpaired) electrons. The molecule has 1 heterocycles. The van der Waals surface area contributed by atoms with Gasteiger partial charge in [0.05, 0.1) is 12.0 Å². The molecule has 3 N–H and O–H groups in total. The van der Waals surface area contributed by atoms with Gasteiger partial charge >= 0.3 is 12.2 Å². The summed E-state index contributed by atoms with van der Waals surface area (Å²) in [5.74, 6) is -0.935. The molecule has 1 aliphatic carbocycles. The van der Waals surface area contributed by atoms with Crippen LogP contribution in [0.25, 0.3) is 11.1 Å². The van der Waals surface area contributed by atoms with Crippen molar-refractivity contribution in [2.24, 2.45) is 5.92 Å². The lowest BCUT2D eigenvalue weighted by Gasteiger charge is -2.28. The predicted octanol–water partition coefficient (Wildman–Crippen LogP) is 3.91. The first kappa shape index (κ1) is 22.8. The Kier molecular flexibility index (Phi) is 5.46. The number of urea groups is 1. The molecule has 33 heavy (non-hydrogen) atoms. The Hall–Kier alpha value is -3.36. The number of halogens is 3. The van der Waals surface area contributed by atoms with Crippen molar-refractivity contribution in [2.45, 2.75) is 43.8 Å². The highest BCUT2D eigenvalue weighted by Crippen LogP contribution is 2.42. The zero-order valence-electron chi connectivity index (χ0n) is 18.2. The van der Waals surface area contributed by atoms with Crippen LogP contribution in [0.15, 0.2) is 48.5 Å². The third-order valence-corrected chi connectivity index (χ3v) is 6.57. The van der Waals surface area contributed by atoms with E-state index in [1.807, 2.05) is 0 Å². The summed E-state index contributed by atoms with van der Waals surface area (Å²) >= 11 is 0. The van der Waals surface area contributed by atoms with Gasteiger partial charge in [-0.3, -0.25) is 14.9 Å². The standard InChI is InChI=1S/C24H24F3N3O3/c1-22(2,24(25,26)27)15-9-7-14(8-10-15)17-5-3-4-6-18(17)19(31)28-13-23(16-11-12-16)20(32)29-21(33)30-23/h3-10,16H,11-13H2,1-2H3,(H,28,31)(H2,29,30,32,33)/t23-/m0/s1. The van der Waals surface area contributed by atoms with Gasteiger partial charge in [-0.05, 0) is 55.4 Å². The van der Waals surface area contributed by atoms with Crippen molar-refractivity contribution < 1.29 is 27.6 Å². The van der Waals surface area contributed by atoms with Crippen LogP contribution in [0.3, 0.4) is 0 Å². The Bertz CT molecular complexity index is 1110. The Labute approximate surface area is 188 Å². The van der Waals surface area contributed by atoms with Gasteiger partial charge in [0.15, 0.2) is 0 Å². The maximum absolute atomic E-state index is 13.4. The molecule has 9 heteroatoms. The quantitative estimate of drug-likeness (QED) is 0.573. The van der Waals surface area contributed by atoms with E-state index in [0.717, 1.165) is 26.7 Å². The molecule has 1 aliphatic heterocycles. The molecule has 4 rings (SSSR count). The molecule has 4 amide bonds. The van der Waals surface area contributed by atoms with Crippen LogP contribution in [0, 0.1) is 5.92 Å². The van der Waals surface area contributed by atoms with E-state index in [0.29, 0.717) is 16.7 Å². The van der Waals surface area contributed by atoms with Crippen molar-refractivity contribution in [3.8, 4) is 11.1 Å². The van der Waals surface area contributed by atoms with Crippen molar-refractivity contribution >= 4 is 17.8 Å². The Morgan fingerprint density at radius 1 is 1.06 bits per heavy atom. The number of rotatable bonds is 6. The fourth-order valence-corrected chi connectivity index (χ4v) is 4.12. The van der Waals surface area contributed by atoms with Crippen LogP contribution in [-0.2, 0) is 10.2 Å². The van der Waals surface area contributed by atoms with Gasteiger partial charge in [-0.15, -0.1) is 0 Å². The van der Waals surface area contributed by atoms with Crippen LogP contribution in [0.5, 0.6) is 0 Å². The summed E-state index contributed by atoms with van der Waals surface area (Å²) < 4.78 is 40.1. The lowest BCUT2D eigenvalue weighted by molar-refractivity contribution is -0.180. The number of carbonyl (C=O) groups excluding carboxylic acids is 3. The lowest BCUT2D eigenvalue weighted by atomic mass is 9.83. The molecule has 0 bridgehead atoms. The van der Waals surface area contributed by atoms with Crippen LogP contribution >= 0.6 is 0 Å². The maximum Gasteiger partial charge on any atom is 0.397 e. The number of imide groups is 1. The molecule has 0 spiro atoms. The van der Waals surface area contributed by atoms with Crippen LogP contribution in [0.2, 0.25) is 0 Å². The van der Waals surface area contributed by atoms with E-state index in [-0.39, 0.29) is 18.0 Å². The van der Waals surface area contributed by atoms with Gasteiger partial charge in [0.2, 0.25) is 0 Å². The maximum atomic E-state index is 13.4. The van der Waals surface area contributed by atoms with Crippen LogP contribution in [-0.4, -0.2) is 36.1 Å². The van der Waals surface area contributed by atoms with Crippen molar-refractivity contribution in [1.82, 2.24) is 16.0 Å². The Balaban J connectivity index is 1.56. The van der Waals surface area contributed by atoms with Crippen molar-refractivity contribution in [3.05, 3.63) is 59.7 Å². The monoisotopic (exact) mass is 459 g/mol. The fraction of sp³-hybridized carbons (Fsp3) is 0.375. The average molecular weight is 459 g/mol. The van der Waals surface area contributed by atoms with E-state index in [1.54, 1.807) is 36.4 Å². The molecule has 1 saturated carbocycles. The number of hydrogen-bond donors (Lipinski definition) is 3. The highest BCUT2D eigenvalue weighted by Gasteiger charge is 2.56. The summed E-state index contributed by atoms with van der Waals surface area (Å²) in [7, 11) is 0. The third-order valence-electron chi connectivity index (χ3n) is 6.57. The number of amides is 4. The summed E-state index contributed by atoms with van der Waals surface area (Å²) in [6.07, 6.45) is -2.84. The first-order chi connectivity index (χ1) is 15.5. The second-order valence-corrected chi connectivity index (χ2v) is 9.08. The first-order valence-corrected chi connectivity index (χ1v) is 10.6. The van der Waals surface area contributed by atoms with Crippen LogP contribution < -0.4 is 16.0 Å². The van der Waals surface area contributed by atoms with E-state index < -0.39 is 35.0 Å². The molecule has 2 fully saturated rings. The molecule has 1 saturated heterocycles. The molecule has 0 aromatic heterocycles. The highest BCUT2D eigenvalue weighted by atomic mass is 19.4. The van der Waals surface area contributed by atoms with Crippen LogP contribution in [0.4, 0.5) is 18.0 Å². The van der Waals surface area contributed by atoms with E-state index in [2.05, 4.69) is 16.0 Å². The largest absolute Gasteiger partial charge is 0.397 e. The second-order valence-electron chi connectivity index (χ2n) is 9.08. The number of alkyl halides is 3. The van der Waals surface area contributed by atoms with Crippen molar-refractivity contribution in [1.29, 1.82) is 0 Å². The first-order valence-electron chi connectivity index (χ1n) is 10.6. The summed E-state index contributed by atoms with van der Waals surface area (Å²) in [5.41, 5.74) is -1.60. The van der Waals surface area contributed by atoms with Gasteiger partial charge in [0.25, 0.3) is 11.8 Å². The molecule has 2 aliphatic rings. The number of nitrogens with one attached hydrogen (secondary N) is 3. The van der Waals surface area contributed by atoms with E-state index in [1.165, 1.54) is 12.1 Å². The van der Waals surface area contributed by atoms with Gasteiger partial charge in [-0.1, -0.05) is 42.5 Å². The van der Waals surface area contributed by atoms with E-state index >= 15 is 0 Å². The van der Waals surface area contributed by atoms with Gasteiger partial charge in [-0.2, -0.15) is 13.2 Å². The zero-order valence-corrected chi connectivity index (χ0v) is 18.2. The van der Waals surface area contributed by atoms with Gasteiger partial charge in [0, 0.05) is 5.56 Å². The molecular formula is C24H24F3N3O3. The molecule has 2 aromatic rings. The van der Waals surface area contributed by atoms with Crippen molar-refractivity contribution in [2.75, 3.05) is 6.54 Å². The number of hydrogen-bond acceptors (Lipinski definition) is 3. The van der Waals surface area contributed by atoms with E-state index in [9.17, 15) is 27.6 Å². The van der Waals surface area contributed by atoms with E-state index in [4.69, 9.17) is 0 Å². The topological polar surface area (TPSA) is 87.3 Å². The SMILES string of the molecule is CC(C)(c1ccc(-c2ccccc2C(=O)NC[C@@]2(C3CC3)NC(=O)NC2=O)cc1)C(F)(F)F. The Morgan fingerprint density at radius 3 is 2.24 bits per heavy atom. The number of benzene rings is 2. The summed E-state index contributed by atoms with van der Waals surface area (Å²) in [5, 5.41) is 7.65. The highest BCUT2D eigenvalue weighted by molar-refractivity contribution is 6.08. The summed E-state index contributed by atoms with van der Waals surface area (Å²) in [6.45, 7) is 2.19. The molecule has 1 atom stereocenters. The van der Waals surface area contributed by atoms with Crippen molar-refractivity contribution in [3.63, 3.8) is 0 Å². The minimum atomic E-state index is -4.40. The Morgan fingerprint density at radius 2 is 1.70 bits per heavy atom. The minimum absolute atomic E-state index is 0.0379. The normalized spacial score (nSPS) is 20.9. The summed E-state index contributed by atoms with van der Waals surface area (Å²) in [4.78, 5) is 37.1. The van der Waals surface area contributed by atoms with Crippen LogP contribution in [0.1, 0.15) is 42.6 Å². The molecular weight excluding hydrogens is 435 g/mol. The summed E-state index contributed by atoms with van der Waals surface area (Å²) in [6, 6.07) is 12.1. The van der Waals surface area contributed by atoms with Gasteiger partial charge in [0.1, 0.15) is 5.54 Å². The molecule has 6 nitrogen and oxygen atoms in total. The predicted molar refractivity (Wildman–Crippen MR) is 115 cm³/mol. The number of carbonyl (C=O) groups is 3. The van der Waals surface area contributed by atoms with Gasteiger partial charge in [-0.25, -0.2) is 4.79 Å². The van der Waals surface area contributed by atoms with Gasteiger partial charge < -0.3 is 10.6 Å². The average Bonchev–Trinajstić information content (AvgIpc) is 3.57.